The zero-order valence-corrected chi connectivity index (χ0v) is 10.4. The van der Waals surface area contributed by atoms with Crippen LogP contribution < -0.4 is 5.32 Å². The van der Waals surface area contributed by atoms with Crippen molar-refractivity contribution in [2.45, 2.75) is 12.8 Å². The standard InChI is InChI=1S/C12H14N2O2S/c1-17(16)8-2-3-12(15)14-11-6-4-10(9-13)5-7-11/h4-7H,2-3,8H2,1H3,(H,14,15). The molecule has 0 aromatic heterocycles. The van der Waals surface area contributed by atoms with Gasteiger partial charge in [-0.15, -0.1) is 0 Å². The molecule has 0 fully saturated rings. The van der Waals surface area contributed by atoms with Crippen LogP contribution in [0.15, 0.2) is 24.3 Å². The van der Waals surface area contributed by atoms with E-state index in [4.69, 9.17) is 5.26 Å². The lowest BCUT2D eigenvalue weighted by atomic mass is 10.2. The number of anilines is 1. The Morgan fingerprint density at radius 2 is 2.06 bits per heavy atom. The number of nitrogens with zero attached hydrogens (tertiary/aromatic N) is 1. The zero-order chi connectivity index (χ0) is 12.7. The molecule has 17 heavy (non-hydrogen) atoms. The van der Waals surface area contributed by atoms with Crippen LogP contribution in [0.1, 0.15) is 18.4 Å². The van der Waals surface area contributed by atoms with Crippen LogP contribution in [0.2, 0.25) is 0 Å². The molecule has 90 valence electrons. The highest BCUT2D eigenvalue weighted by Gasteiger charge is 2.03. The highest BCUT2D eigenvalue weighted by Crippen LogP contribution is 2.09. The summed E-state index contributed by atoms with van der Waals surface area (Å²) in [6, 6.07) is 8.68. The number of nitriles is 1. The first-order chi connectivity index (χ1) is 8.11. The summed E-state index contributed by atoms with van der Waals surface area (Å²) in [6.07, 6.45) is 2.60. The second-order valence-corrected chi connectivity index (χ2v) is 5.17. The Morgan fingerprint density at radius 3 is 2.59 bits per heavy atom. The van der Waals surface area contributed by atoms with E-state index in [1.54, 1.807) is 30.5 Å². The number of carbonyl (C=O) groups is 1. The van der Waals surface area contributed by atoms with Gasteiger partial charge in [0.15, 0.2) is 0 Å². The molecule has 5 heteroatoms. The average molecular weight is 250 g/mol. The minimum Gasteiger partial charge on any atom is -0.326 e. The maximum Gasteiger partial charge on any atom is 0.224 e. The first-order valence-corrected chi connectivity index (χ1v) is 6.94. The highest BCUT2D eigenvalue weighted by atomic mass is 32.2. The molecule has 1 N–H and O–H groups in total. The zero-order valence-electron chi connectivity index (χ0n) is 9.60. The van der Waals surface area contributed by atoms with Crippen molar-refractivity contribution in [3.63, 3.8) is 0 Å². The SMILES string of the molecule is CS(=O)CCCC(=O)Nc1ccc(C#N)cc1. The molecule has 0 aliphatic carbocycles. The summed E-state index contributed by atoms with van der Waals surface area (Å²) in [5, 5.41) is 11.3. The Labute approximate surface area is 103 Å². The topological polar surface area (TPSA) is 70.0 Å². The van der Waals surface area contributed by atoms with Crippen LogP contribution in [-0.4, -0.2) is 22.1 Å². The van der Waals surface area contributed by atoms with Gasteiger partial charge in [0.25, 0.3) is 0 Å². The summed E-state index contributed by atoms with van der Waals surface area (Å²) >= 11 is 0. The summed E-state index contributed by atoms with van der Waals surface area (Å²) < 4.78 is 10.8. The van der Waals surface area contributed by atoms with Crippen LogP contribution in [0.3, 0.4) is 0 Å². The smallest absolute Gasteiger partial charge is 0.224 e. The van der Waals surface area contributed by atoms with Crippen molar-refractivity contribution in [3.05, 3.63) is 29.8 Å². The van der Waals surface area contributed by atoms with E-state index in [2.05, 4.69) is 5.32 Å². The summed E-state index contributed by atoms with van der Waals surface area (Å²) in [7, 11) is -0.849. The molecule has 0 saturated carbocycles. The molecule has 0 saturated heterocycles. The normalized spacial score (nSPS) is 11.5. The van der Waals surface area contributed by atoms with Crippen LogP contribution >= 0.6 is 0 Å². The van der Waals surface area contributed by atoms with Gasteiger partial charge in [0.05, 0.1) is 11.6 Å². The second kappa shape index (κ2) is 6.81. The van der Waals surface area contributed by atoms with Crippen molar-refractivity contribution in [1.82, 2.24) is 0 Å². The minimum absolute atomic E-state index is 0.0971. The Balaban J connectivity index is 2.40. The van der Waals surface area contributed by atoms with E-state index in [-0.39, 0.29) is 5.91 Å². The molecule has 0 aliphatic rings. The molecule has 0 bridgehead atoms. The molecule has 1 amide bonds. The van der Waals surface area contributed by atoms with Crippen molar-refractivity contribution in [2.24, 2.45) is 0 Å². The van der Waals surface area contributed by atoms with E-state index in [1.807, 2.05) is 6.07 Å². The quantitative estimate of drug-likeness (QED) is 0.864. The summed E-state index contributed by atoms with van der Waals surface area (Å²) in [6.45, 7) is 0. The molecule has 0 spiro atoms. The van der Waals surface area contributed by atoms with Crippen molar-refractivity contribution in [1.29, 1.82) is 5.26 Å². The van der Waals surface area contributed by atoms with Crippen LogP contribution in [-0.2, 0) is 15.6 Å². The second-order valence-electron chi connectivity index (χ2n) is 3.62. The number of nitrogens with one attached hydrogen (secondary N) is 1. The van der Waals surface area contributed by atoms with Crippen LogP contribution in [0.25, 0.3) is 0 Å². The molecule has 4 nitrogen and oxygen atoms in total. The van der Waals surface area contributed by atoms with Crippen LogP contribution in [0.4, 0.5) is 5.69 Å². The Kier molecular flexibility index (Phi) is 5.37. The molecule has 1 rings (SSSR count). The molecule has 0 heterocycles. The fourth-order valence-corrected chi connectivity index (χ4v) is 1.84. The molecule has 0 aliphatic heterocycles. The fourth-order valence-electron chi connectivity index (χ4n) is 1.29. The van der Waals surface area contributed by atoms with Crippen molar-refractivity contribution >= 4 is 22.4 Å². The lowest BCUT2D eigenvalue weighted by molar-refractivity contribution is -0.116. The van der Waals surface area contributed by atoms with E-state index in [0.717, 1.165) is 0 Å². The van der Waals surface area contributed by atoms with Crippen molar-refractivity contribution in [3.8, 4) is 6.07 Å². The largest absolute Gasteiger partial charge is 0.326 e. The number of carbonyl (C=O) groups excluding carboxylic acids is 1. The molecule has 1 unspecified atom stereocenters. The van der Waals surface area contributed by atoms with Gasteiger partial charge in [-0.05, 0) is 30.7 Å². The summed E-state index contributed by atoms with van der Waals surface area (Å²) in [5.41, 5.74) is 1.23. The number of hydrogen-bond donors (Lipinski definition) is 1. The van der Waals surface area contributed by atoms with Crippen molar-refractivity contribution in [2.75, 3.05) is 17.3 Å². The van der Waals surface area contributed by atoms with E-state index < -0.39 is 10.8 Å². The lowest BCUT2D eigenvalue weighted by Gasteiger charge is -2.04. The first-order valence-electron chi connectivity index (χ1n) is 5.22. The maximum atomic E-state index is 11.5. The van der Waals surface area contributed by atoms with E-state index in [0.29, 0.717) is 29.8 Å². The third kappa shape index (κ3) is 5.27. The number of amides is 1. The number of benzene rings is 1. The lowest BCUT2D eigenvalue weighted by Crippen LogP contribution is -2.12. The average Bonchev–Trinajstić information content (AvgIpc) is 2.29. The maximum absolute atomic E-state index is 11.5. The minimum atomic E-state index is -0.849. The molecule has 1 aromatic carbocycles. The van der Waals surface area contributed by atoms with Gasteiger partial charge in [0.1, 0.15) is 0 Å². The molecular weight excluding hydrogens is 236 g/mol. The summed E-state index contributed by atoms with van der Waals surface area (Å²) in [5.74, 6) is 0.445. The first kappa shape index (κ1) is 13.4. The van der Waals surface area contributed by atoms with E-state index in [1.165, 1.54) is 0 Å². The third-order valence-corrected chi connectivity index (χ3v) is 3.00. The number of hydrogen-bond acceptors (Lipinski definition) is 3. The predicted octanol–water partition coefficient (Wildman–Crippen LogP) is 1.66. The van der Waals surface area contributed by atoms with Gasteiger partial charge in [-0.2, -0.15) is 5.26 Å². The monoisotopic (exact) mass is 250 g/mol. The molecular formula is C12H14N2O2S. The Morgan fingerprint density at radius 1 is 1.41 bits per heavy atom. The molecule has 1 aromatic rings. The van der Waals surface area contributed by atoms with Gasteiger partial charge in [-0.3, -0.25) is 9.00 Å². The van der Waals surface area contributed by atoms with E-state index in [9.17, 15) is 9.00 Å². The van der Waals surface area contributed by atoms with Gasteiger partial charge in [0.2, 0.25) is 5.91 Å². The van der Waals surface area contributed by atoms with Gasteiger partial charge >= 0.3 is 0 Å². The van der Waals surface area contributed by atoms with Crippen LogP contribution in [0.5, 0.6) is 0 Å². The van der Waals surface area contributed by atoms with Crippen molar-refractivity contribution < 1.29 is 9.00 Å². The fraction of sp³-hybridized carbons (Fsp3) is 0.333. The molecule has 0 radical (unpaired) electrons. The summed E-state index contributed by atoms with van der Waals surface area (Å²) in [4.78, 5) is 11.5. The van der Waals surface area contributed by atoms with Crippen LogP contribution in [0, 0.1) is 11.3 Å². The van der Waals surface area contributed by atoms with Gasteiger partial charge < -0.3 is 5.32 Å². The highest BCUT2D eigenvalue weighted by molar-refractivity contribution is 7.84. The van der Waals surface area contributed by atoms with Gasteiger partial charge in [-0.1, -0.05) is 0 Å². The third-order valence-electron chi connectivity index (χ3n) is 2.13. The molecule has 1 atom stereocenters. The Bertz CT molecular complexity index is 449. The number of rotatable bonds is 5. The van der Waals surface area contributed by atoms with E-state index >= 15 is 0 Å². The predicted molar refractivity (Wildman–Crippen MR) is 68.0 cm³/mol. The van der Waals surface area contributed by atoms with Gasteiger partial charge in [0, 0.05) is 34.9 Å². The Hall–Kier alpha value is -1.67. The van der Waals surface area contributed by atoms with Gasteiger partial charge in [-0.25, -0.2) is 0 Å².